The molecule has 2 saturated heterocycles. The van der Waals surface area contributed by atoms with Gasteiger partial charge in [0.15, 0.2) is 6.61 Å². The molecule has 0 spiro atoms. The maximum Gasteiger partial charge on any atom is 0.262 e. The van der Waals surface area contributed by atoms with Crippen molar-refractivity contribution in [2.45, 2.75) is 25.4 Å². The molecule has 9 heteroatoms. The zero-order valence-electron chi connectivity index (χ0n) is 18.1. The Kier molecular flexibility index (Phi) is 7.61. The molecule has 2 aliphatic heterocycles. The lowest BCUT2D eigenvalue weighted by Crippen LogP contribution is -2.37. The van der Waals surface area contributed by atoms with Crippen LogP contribution >= 0.6 is 15.9 Å². The van der Waals surface area contributed by atoms with Gasteiger partial charge < -0.3 is 25.0 Å². The van der Waals surface area contributed by atoms with Gasteiger partial charge in [-0.3, -0.25) is 14.4 Å². The van der Waals surface area contributed by atoms with E-state index in [0.29, 0.717) is 30.2 Å². The molecule has 3 amide bonds. The van der Waals surface area contributed by atoms with Crippen molar-refractivity contribution in [3.8, 4) is 5.75 Å². The molecular formula is C24H26BrN3O5. The van der Waals surface area contributed by atoms with E-state index < -0.39 is 0 Å². The number of hydrogen-bond donors (Lipinski definition) is 2. The van der Waals surface area contributed by atoms with Crippen LogP contribution in [0.2, 0.25) is 0 Å². The topological polar surface area (TPSA) is 97.0 Å². The molecule has 4 rings (SSSR count). The van der Waals surface area contributed by atoms with Gasteiger partial charge in [-0.25, -0.2) is 0 Å². The molecule has 33 heavy (non-hydrogen) atoms. The summed E-state index contributed by atoms with van der Waals surface area (Å²) >= 11 is 3.35. The van der Waals surface area contributed by atoms with Crippen LogP contribution in [-0.4, -0.2) is 50.1 Å². The molecule has 2 heterocycles. The third-order valence-corrected chi connectivity index (χ3v) is 6.20. The molecule has 2 fully saturated rings. The first kappa shape index (κ1) is 23.3. The first-order valence-electron chi connectivity index (χ1n) is 11.0. The highest BCUT2D eigenvalue weighted by molar-refractivity contribution is 9.10. The van der Waals surface area contributed by atoms with E-state index in [0.717, 1.165) is 23.9 Å². The van der Waals surface area contributed by atoms with Gasteiger partial charge in [-0.05, 0) is 61.4 Å². The Morgan fingerprint density at radius 3 is 2.58 bits per heavy atom. The summed E-state index contributed by atoms with van der Waals surface area (Å²) in [4.78, 5) is 38.6. The summed E-state index contributed by atoms with van der Waals surface area (Å²) in [5, 5.41) is 5.67. The molecule has 2 aromatic carbocycles. The van der Waals surface area contributed by atoms with Crippen LogP contribution in [0.25, 0.3) is 0 Å². The van der Waals surface area contributed by atoms with Gasteiger partial charge in [-0.15, -0.1) is 0 Å². The van der Waals surface area contributed by atoms with Crippen LogP contribution in [-0.2, 0) is 19.1 Å². The average molecular weight is 516 g/mol. The van der Waals surface area contributed by atoms with Gasteiger partial charge in [0.25, 0.3) is 5.91 Å². The summed E-state index contributed by atoms with van der Waals surface area (Å²) < 4.78 is 12.0. The zero-order valence-corrected chi connectivity index (χ0v) is 19.7. The third kappa shape index (κ3) is 6.33. The second-order valence-electron chi connectivity index (χ2n) is 8.12. The van der Waals surface area contributed by atoms with Gasteiger partial charge in [0, 0.05) is 42.0 Å². The van der Waals surface area contributed by atoms with Crippen molar-refractivity contribution < 1.29 is 23.9 Å². The molecule has 0 aromatic heterocycles. The lowest BCUT2D eigenvalue weighted by atomic mass is 10.1. The van der Waals surface area contributed by atoms with Crippen molar-refractivity contribution in [2.24, 2.45) is 5.92 Å². The number of halogens is 1. The number of carbonyl (C=O) groups is 3. The van der Waals surface area contributed by atoms with Gasteiger partial charge in [0.1, 0.15) is 5.75 Å². The van der Waals surface area contributed by atoms with E-state index >= 15 is 0 Å². The Labute approximate surface area is 200 Å². The van der Waals surface area contributed by atoms with E-state index in [9.17, 15) is 14.4 Å². The summed E-state index contributed by atoms with van der Waals surface area (Å²) in [6, 6.07) is 14.2. The monoisotopic (exact) mass is 515 g/mol. The molecule has 8 nitrogen and oxygen atoms in total. The lowest BCUT2D eigenvalue weighted by Gasteiger charge is -2.18. The van der Waals surface area contributed by atoms with Crippen LogP contribution in [0.5, 0.6) is 5.75 Å². The minimum absolute atomic E-state index is 0.0756. The van der Waals surface area contributed by atoms with Crippen molar-refractivity contribution in [1.29, 1.82) is 0 Å². The van der Waals surface area contributed by atoms with Crippen molar-refractivity contribution in [1.82, 2.24) is 5.32 Å². The molecule has 2 aromatic rings. The number of ether oxygens (including phenoxy) is 2. The SMILES string of the molecule is O=C(COc1ccc(N2C[C@@H](C(=O)NC[C@H]3CCCO3)CC2=O)cc1)Nc1ccc(Br)cc1. The van der Waals surface area contributed by atoms with Crippen molar-refractivity contribution in [3.63, 3.8) is 0 Å². The van der Waals surface area contributed by atoms with Crippen molar-refractivity contribution >= 4 is 45.0 Å². The first-order valence-corrected chi connectivity index (χ1v) is 11.8. The van der Waals surface area contributed by atoms with Gasteiger partial charge in [-0.1, -0.05) is 15.9 Å². The molecule has 174 valence electrons. The molecule has 0 saturated carbocycles. The number of benzene rings is 2. The van der Waals surface area contributed by atoms with Gasteiger partial charge in [0.05, 0.1) is 12.0 Å². The summed E-state index contributed by atoms with van der Waals surface area (Å²) in [5.74, 6) is -0.333. The Morgan fingerprint density at radius 2 is 1.88 bits per heavy atom. The van der Waals surface area contributed by atoms with E-state index in [-0.39, 0.29) is 42.8 Å². The van der Waals surface area contributed by atoms with E-state index in [1.54, 1.807) is 41.3 Å². The summed E-state index contributed by atoms with van der Waals surface area (Å²) in [6.07, 6.45) is 2.24. The van der Waals surface area contributed by atoms with Crippen LogP contribution in [0.15, 0.2) is 53.0 Å². The second-order valence-corrected chi connectivity index (χ2v) is 9.04. The number of carbonyl (C=O) groups excluding carboxylic acids is 3. The van der Waals surface area contributed by atoms with E-state index in [1.165, 1.54) is 0 Å². The molecule has 0 unspecified atom stereocenters. The molecule has 0 radical (unpaired) electrons. The second kappa shape index (κ2) is 10.8. The van der Waals surface area contributed by atoms with Crippen LogP contribution in [0.3, 0.4) is 0 Å². The maximum atomic E-state index is 12.5. The number of hydrogen-bond acceptors (Lipinski definition) is 5. The molecule has 2 aliphatic rings. The summed E-state index contributed by atoms with van der Waals surface area (Å²) in [7, 11) is 0. The molecule has 0 aliphatic carbocycles. The van der Waals surface area contributed by atoms with Gasteiger partial charge in [0.2, 0.25) is 11.8 Å². The lowest BCUT2D eigenvalue weighted by molar-refractivity contribution is -0.126. The van der Waals surface area contributed by atoms with Gasteiger partial charge in [-0.2, -0.15) is 0 Å². The highest BCUT2D eigenvalue weighted by atomic mass is 79.9. The summed E-state index contributed by atoms with van der Waals surface area (Å²) in [5.41, 5.74) is 1.38. The van der Waals surface area contributed by atoms with Crippen LogP contribution in [0.4, 0.5) is 11.4 Å². The minimum atomic E-state index is -0.378. The van der Waals surface area contributed by atoms with Gasteiger partial charge >= 0.3 is 0 Å². The maximum absolute atomic E-state index is 12.5. The average Bonchev–Trinajstić information content (AvgIpc) is 3.48. The Bertz CT molecular complexity index is 990. The Balaban J connectivity index is 1.25. The Morgan fingerprint density at radius 1 is 1.12 bits per heavy atom. The summed E-state index contributed by atoms with van der Waals surface area (Å²) in [6.45, 7) is 1.44. The highest BCUT2D eigenvalue weighted by Gasteiger charge is 2.35. The quantitative estimate of drug-likeness (QED) is 0.562. The van der Waals surface area contributed by atoms with E-state index in [4.69, 9.17) is 9.47 Å². The smallest absolute Gasteiger partial charge is 0.262 e. The van der Waals surface area contributed by atoms with Crippen LogP contribution in [0, 0.1) is 5.92 Å². The molecular weight excluding hydrogens is 490 g/mol. The number of nitrogens with one attached hydrogen (secondary N) is 2. The molecule has 2 atom stereocenters. The molecule has 0 bridgehead atoms. The number of anilines is 2. The normalized spacial score (nSPS) is 20.0. The predicted molar refractivity (Wildman–Crippen MR) is 127 cm³/mol. The number of nitrogens with zero attached hydrogens (tertiary/aromatic N) is 1. The highest BCUT2D eigenvalue weighted by Crippen LogP contribution is 2.27. The van der Waals surface area contributed by atoms with E-state index in [2.05, 4.69) is 26.6 Å². The minimum Gasteiger partial charge on any atom is -0.484 e. The van der Waals surface area contributed by atoms with E-state index in [1.807, 2.05) is 12.1 Å². The van der Waals surface area contributed by atoms with Crippen LogP contribution in [0.1, 0.15) is 19.3 Å². The fourth-order valence-corrected chi connectivity index (χ4v) is 4.16. The fourth-order valence-electron chi connectivity index (χ4n) is 3.90. The number of rotatable bonds is 8. The first-order chi connectivity index (χ1) is 16.0. The van der Waals surface area contributed by atoms with Crippen molar-refractivity contribution in [2.75, 3.05) is 36.5 Å². The molecule has 2 N–H and O–H groups in total. The third-order valence-electron chi connectivity index (χ3n) is 5.67. The largest absolute Gasteiger partial charge is 0.484 e. The van der Waals surface area contributed by atoms with Crippen LogP contribution < -0.4 is 20.3 Å². The Hall–Kier alpha value is -2.91. The zero-order chi connectivity index (χ0) is 23.2. The van der Waals surface area contributed by atoms with Crippen molar-refractivity contribution in [3.05, 3.63) is 53.0 Å². The predicted octanol–water partition coefficient (Wildman–Crippen LogP) is 3.11. The number of amides is 3. The fraction of sp³-hybridized carbons (Fsp3) is 0.375. The standard InChI is InChI=1S/C24H26BrN3O5/c25-17-3-5-18(6-4-17)27-22(29)15-33-20-9-7-19(8-10-20)28-14-16(12-23(28)30)24(31)26-13-21-2-1-11-32-21/h3-10,16,21H,1-2,11-15H2,(H,26,31)(H,27,29)/t16-,21+/m0/s1.